The van der Waals surface area contributed by atoms with Crippen LogP contribution in [0.2, 0.25) is 0 Å². The van der Waals surface area contributed by atoms with Gasteiger partial charge in [-0.2, -0.15) is 5.10 Å². The number of rotatable bonds is 3. The molecule has 6 heteroatoms. The van der Waals surface area contributed by atoms with Gasteiger partial charge in [0.1, 0.15) is 5.82 Å². The number of aromatic nitrogens is 2. The van der Waals surface area contributed by atoms with Crippen LogP contribution in [0.3, 0.4) is 0 Å². The van der Waals surface area contributed by atoms with Crippen molar-refractivity contribution in [1.82, 2.24) is 20.0 Å². The van der Waals surface area contributed by atoms with E-state index in [0.29, 0.717) is 18.9 Å². The van der Waals surface area contributed by atoms with Gasteiger partial charge >= 0.3 is 6.03 Å². The molecule has 2 amide bonds. The number of nitrogens with zero attached hydrogens (tertiary/aromatic N) is 3. The third-order valence-corrected chi connectivity index (χ3v) is 2.53. The number of carbonyl (C=O) groups excluding carboxylic acids is 1. The number of nitrogens with two attached hydrogens (primary N) is 1. The minimum atomic E-state index is 0.00720. The fraction of sp³-hybridized carbons (Fsp3) is 0.556. The predicted octanol–water partition coefficient (Wildman–Crippen LogP) is -0.201. The average molecular weight is 209 g/mol. The van der Waals surface area contributed by atoms with Crippen LogP contribution >= 0.6 is 0 Å². The van der Waals surface area contributed by atoms with Crippen LogP contribution in [0.1, 0.15) is 5.69 Å². The highest BCUT2D eigenvalue weighted by Gasteiger charge is 2.18. The van der Waals surface area contributed by atoms with Crippen molar-refractivity contribution in [2.24, 2.45) is 0 Å². The van der Waals surface area contributed by atoms with Crippen LogP contribution in [0.25, 0.3) is 0 Å². The number of urea groups is 1. The monoisotopic (exact) mass is 209 g/mol. The summed E-state index contributed by atoms with van der Waals surface area (Å²) < 4.78 is 1.82. The van der Waals surface area contributed by atoms with E-state index in [4.69, 9.17) is 5.73 Å². The normalized spacial score (nSPS) is 15.8. The average Bonchev–Trinajstić information content (AvgIpc) is 2.70. The number of carbonyl (C=O) groups is 1. The predicted molar refractivity (Wildman–Crippen MR) is 56.3 cm³/mol. The summed E-state index contributed by atoms with van der Waals surface area (Å²) in [7, 11) is 0. The van der Waals surface area contributed by atoms with E-state index in [9.17, 15) is 4.79 Å². The second-order valence-electron chi connectivity index (χ2n) is 3.65. The van der Waals surface area contributed by atoms with Crippen molar-refractivity contribution in [3.8, 4) is 0 Å². The standard InChI is InChI=1S/C9H15N5O/c1-7-6-8(10)12-14(7)5-4-13-3-2-11-9(13)15/h6H,2-5H2,1H3,(H2,10,12)(H,11,15). The van der Waals surface area contributed by atoms with E-state index in [2.05, 4.69) is 10.4 Å². The highest BCUT2D eigenvalue weighted by Crippen LogP contribution is 2.05. The number of hydrogen-bond donors (Lipinski definition) is 2. The molecule has 0 unspecified atom stereocenters. The van der Waals surface area contributed by atoms with Crippen LogP contribution in [0, 0.1) is 6.92 Å². The first-order valence-electron chi connectivity index (χ1n) is 4.99. The Hall–Kier alpha value is -1.72. The first kappa shape index (κ1) is 9.82. The number of nitrogen functional groups attached to an aromatic ring is 1. The van der Waals surface area contributed by atoms with Gasteiger partial charge in [-0.3, -0.25) is 4.68 Å². The molecule has 0 saturated carbocycles. The maximum absolute atomic E-state index is 11.2. The third kappa shape index (κ3) is 2.03. The largest absolute Gasteiger partial charge is 0.382 e. The summed E-state index contributed by atoms with van der Waals surface area (Å²) in [6.07, 6.45) is 0. The van der Waals surface area contributed by atoms with Gasteiger partial charge in [0, 0.05) is 31.4 Å². The smallest absolute Gasteiger partial charge is 0.317 e. The zero-order valence-electron chi connectivity index (χ0n) is 8.73. The van der Waals surface area contributed by atoms with Gasteiger partial charge in [0.25, 0.3) is 0 Å². The van der Waals surface area contributed by atoms with Gasteiger partial charge < -0.3 is 16.0 Å². The number of amides is 2. The van der Waals surface area contributed by atoms with Gasteiger partial charge in [-0.15, -0.1) is 0 Å². The molecule has 1 aromatic heterocycles. The summed E-state index contributed by atoms with van der Waals surface area (Å²) in [6.45, 7) is 4.82. The fourth-order valence-electron chi connectivity index (χ4n) is 1.70. The quantitative estimate of drug-likeness (QED) is 0.723. The Kier molecular flexibility index (Phi) is 2.49. The Morgan fingerprint density at radius 2 is 2.40 bits per heavy atom. The van der Waals surface area contributed by atoms with Crippen LogP contribution in [-0.2, 0) is 6.54 Å². The Balaban J connectivity index is 1.92. The molecular formula is C9H15N5O. The molecule has 2 heterocycles. The summed E-state index contributed by atoms with van der Waals surface area (Å²) in [5, 5.41) is 6.89. The van der Waals surface area contributed by atoms with E-state index in [1.54, 1.807) is 4.90 Å². The molecule has 1 aliphatic heterocycles. The van der Waals surface area contributed by atoms with Crippen molar-refractivity contribution in [2.45, 2.75) is 13.5 Å². The molecule has 3 N–H and O–H groups in total. The van der Waals surface area contributed by atoms with Crippen LogP contribution in [0.15, 0.2) is 6.07 Å². The number of aryl methyl sites for hydroxylation is 1. The van der Waals surface area contributed by atoms with Crippen molar-refractivity contribution >= 4 is 11.8 Å². The van der Waals surface area contributed by atoms with Crippen molar-refractivity contribution in [3.05, 3.63) is 11.8 Å². The lowest BCUT2D eigenvalue weighted by Gasteiger charge is -2.14. The third-order valence-electron chi connectivity index (χ3n) is 2.53. The van der Waals surface area contributed by atoms with Gasteiger partial charge in [0.05, 0.1) is 6.54 Å². The van der Waals surface area contributed by atoms with Gasteiger partial charge in [0.2, 0.25) is 0 Å². The van der Waals surface area contributed by atoms with Crippen LogP contribution in [0.4, 0.5) is 10.6 Å². The maximum Gasteiger partial charge on any atom is 0.317 e. The topological polar surface area (TPSA) is 76.2 Å². The molecule has 0 atom stereocenters. The van der Waals surface area contributed by atoms with Crippen LogP contribution < -0.4 is 11.1 Å². The Morgan fingerprint density at radius 3 is 2.93 bits per heavy atom. The molecule has 15 heavy (non-hydrogen) atoms. The minimum Gasteiger partial charge on any atom is -0.382 e. The van der Waals surface area contributed by atoms with E-state index in [1.807, 2.05) is 17.7 Å². The molecule has 2 rings (SSSR count). The number of nitrogens with one attached hydrogen (secondary N) is 1. The second-order valence-corrected chi connectivity index (χ2v) is 3.65. The molecule has 1 fully saturated rings. The summed E-state index contributed by atoms with van der Waals surface area (Å²) in [6, 6.07) is 1.83. The minimum absolute atomic E-state index is 0.00720. The summed E-state index contributed by atoms with van der Waals surface area (Å²) in [5.74, 6) is 0.526. The van der Waals surface area contributed by atoms with E-state index in [-0.39, 0.29) is 6.03 Å². The fourth-order valence-corrected chi connectivity index (χ4v) is 1.70. The first-order chi connectivity index (χ1) is 7.16. The Labute approximate surface area is 88.0 Å². The highest BCUT2D eigenvalue weighted by atomic mass is 16.2. The zero-order valence-corrected chi connectivity index (χ0v) is 8.73. The lowest BCUT2D eigenvalue weighted by molar-refractivity contribution is 0.215. The molecule has 0 aromatic carbocycles. The summed E-state index contributed by atoms with van der Waals surface area (Å²) in [5.41, 5.74) is 6.59. The maximum atomic E-state index is 11.2. The first-order valence-corrected chi connectivity index (χ1v) is 4.99. The van der Waals surface area contributed by atoms with E-state index < -0.39 is 0 Å². The highest BCUT2D eigenvalue weighted by molar-refractivity contribution is 5.76. The van der Waals surface area contributed by atoms with E-state index in [0.717, 1.165) is 18.8 Å². The molecular weight excluding hydrogens is 194 g/mol. The molecule has 1 saturated heterocycles. The van der Waals surface area contributed by atoms with Crippen molar-refractivity contribution in [2.75, 3.05) is 25.4 Å². The van der Waals surface area contributed by atoms with Crippen molar-refractivity contribution in [1.29, 1.82) is 0 Å². The van der Waals surface area contributed by atoms with Gasteiger partial charge in [-0.1, -0.05) is 0 Å². The molecule has 0 radical (unpaired) electrons. The van der Waals surface area contributed by atoms with Crippen LogP contribution in [0.5, 0.6) is 0 Å². The van der Waals surface area contributed by atoms with Crippen molar-refractivity contribution < 1.29 is 4.79 Å². The van der Waals surface area contributed by atoms with Crippen molar-refractivity contribution in [3.63, 3.8) is 0 Å². The molecule has 1 aromatic rings. The number of hydrogen-bond acceptors (Lipinski definition) is 3. The lowest BCUT2D eigenvalue weighted by Crippen LogP contribution is -2.31. The molecule has 1 aliphatic rings. The molecule has 0 bridgehead atoms. The Bertz CT molecular complexity index is 373. The summed E-state index contributed by atoms with van der Waals surface area (Å²) >= 11 is 0. The van der Waals surface area contributed by atoms with Gasteiger partial charge in [-0.05, 0) is 6.92 Å². The second kappa shape index (κ2) is 3.80. The molecule has 0 aliphatic carbocycles. The molecule has 0 spiro atoms. The SMILES string of the molecule is Cc1cc(N)nn1CCN1CCNC1=O. The Morgan fingerprint density at radius 1 is 1.60 bits per heavy atom. The van der Waals surface area contributed by atoms with E-state index >= 15 is 0 Å². The van der Waals surface area contributed by atoms with E-state index in [1.165, 1.54) is 0 Å². The molecule has 6 nitrogen and oxygen atoms in total. The molecule has 82 valence electrons. The number of anilines is 1. The lowest BCUT2D eigenvalue weighted by atomic mass is 10.4. The zero-order chi connectivity index (χ0) is 10.8. The summed E-state index contributed by atoms with van der Waals surface area (Å²) in [4.78, 5) is 13.0. The van der Waals surface area contributed by atoms with Gasteiger partial charge in [-0.25, -0.2) is 4.79 Å². The van der Waals surface area contributed by atoms with Gasteiger partial charge in [0.15, 0.2) is 0 Å². The van der Waals surface area contributed by atoms with Crippen LogP contribution in [-0.4, -0.2) is 40.3 Å².